The number of hydrogen-bond donors (Lipinski definition) is 0. The predicted octanol–water partition coefficient (Wildman–Crippen LogP) is 3.31. The molecular weight excluding hydrogens is 222 g/mol. The molecule has 2 bridgehead atoms. The smallest absolute Gasteiger partial charge is 0.137 e. The SMILES string of the molecule is Cc1cc(C)c(N2C3CCC2CC(=O)C3)c(C)c1. The van der Waals surface area contributed by atoms with Gasteiger partial charge in [-0.1, -0.05) is 17.7 Å². The maximum Gasteiger partial charge on any atom is 0.137 e. The zero-order chi connectivity index (χ0) is 12.9. The van der Waals surface area contributed by atoms with E-state index in [1.54, 1.807) is 0 Å². The van der Waals surface area contributed by atoms with E-state index >= 15 is 0 Å². The van der Waals surface area contributed by atoms with Crippen molar-refractivity contribution in [3.8, 4) is 0 Å². The molecule has 0 radical (unpaired) electrons. The molecular formula is C16H21NO. The Labute approximate surface area is 109 Å². The fraction of sp³-hybridized carbons (Fsp3) is 0.562. The lowest BCUT2D eigenvalue weighted by Crippen LogP contribution is -2.44. The van der Waals surface area contributed by atoms with Crippen molar-refractivity contribution in [2.75, 3.05) is 4.90 Å². The number of hydrogen-bond acceptors (Lipinski definition) is 2. The number of rotatable bonds is 1. The Morgan fingerprint density at radius 3 is 2.00 bits per heavy atom. The Morgan fingerprint density at radius 1 is 1.00 bits per heavy atom. The van der Waals surface area contributed by atoms with Crippen LogP contribution in [-0.2, 0) is 4.79 Å². The summed E-state index contributed by atoms with van der Waals surface area (Å²) in [6.45, 7) is 6.55. The molecule has 0 aliphatic carbocycles. The van der Waals surface area contributed by atoms with Crippen LogP contribution in [0.5, 0.6) is 0 Å². The summed E-state index contributed by atoms with van der Waals surface area (Å²) >= 11 is 0. The Balaban J connectivity index is 2.04. The van der Waals surface area contributed by atoms with E-state index in [2.05, 4.69) is 37.8 Å². The molecule has 2 saturated heterocycles. The van der Waals surface area contributed by atoms with E-state index in [0.717, 1.165) is 12.8 Å². The number of carbonyl (C=O) groups excluding carboxylic acids is 1. The third-order valence-corrected chi connectivity index (χ3v) is 4.44. The molecule has 18 heavy (non-hydrogen) atoms. The average Bonchev–Trinajstić information content (AvgIpc) is 2.53. The number of Topliss-reactive ketones (excluding diaryl/α,β-unsaturated/α-hetero) is 1. The standard InChI is InChI=1S/C16H21NO/c1-10-6-11(2)16(12(3)7-10)17-13-4-5-14(17)9-15(18)8-13/h6-7,13-14H,4-5,8-9H2,1-3H3. The van der Waals surface area contributed by atoms with Crippen LogP contribution >= 0.6 is 0 Å². The molecule has 0 spiro atoms. The van der Waals surface area contributed by atoms with Crippen molar-refractivity contribution >= 4 is 11.5 Å². The fourth-order valence-corrected chi connectivity index (χ4v) is 3.92. The fourth-order valence-electron chi connectivity index (χ4n) is 3.92. The van der Waals surface area contributed by atoms with E-state index in [1.165, 1.54) is 35.2 Å². The number of fused-ring (bicyclic) bond motifs is 2. The highest BCUT2D eigenvalue weighted by Crippen LogP contribution is 2.41. The van der Waals surface area contributed by atoms with Gasteiger partial charge in [0.1, 0.15) is 5.78 Å². The van der Waals surface area contributed by atoms with E-state index in [4.69, 9.17) is 0 Å². The van der Waals surface area contributed by atoms with Crippen LogP contribution in [0.3, 0.4) is 0 Å². The number of anilines is 1. The molecule has 2 atom stereocenters. The first-order chi connectivity index (χ1) is 8.56. The van der Waals surface area contributed by atoms with Crippen LogP contribution < -0.4 is 4.90 Å². The minimum Gasteiger partial charge on any atom is -0.364 e. The molecule has 2 heterocycles. The van der Waals surface area contributed by atoms with Crippen molar-refractivity contribution in [1.82, 2.24) is 0 Å². The molecule has 0 saturated carbocycles. The first-order valence-corrected chi connectivity index (χ1v) is 6.94. The van der Waals surface area contributed by atoms with Crippen molar-refractivity contribution in [3.63, 3.8) is 0 Å². The quantitative estimate of drug-likeness (QED) is 0.754. The lowest BCUT2D eigenvalue weighted by Gasteiger charge is -2.38. The Bertz CT molecular complexity index is 467. The van der Waals surface area contributed by atoms with E-state index in [1.807, 2.05) is 0 Å². The number of benzene rings is 1. The summed E-state index contributed by atoms with van der Waals surface area (Å²) in [4.78, 5) is 14.2. The average molecular weight is 243 g/mol. The first-order valence-electron chi connectivity index (χ1n) is 6.94. The van der Waals surface area contributed by atoms with Crippen LogP contribution in [0.2, 0.25) is 0 Å². The predicted molar refractivity (Wildman–Crippen MR) is 74.2 cm³/mol. The summed E-state index contributed by atoms with van der Waals surface area (Å²) in [5.41, 5.74) is 5.44. The molecule has 1 aromatic rings. The van der Waals surface area contributed by atoms with Gasteiger partial charge in [-0.05, 0) is 44.7 Å². The summed E-state index contributed by atoms with van der Waals surface area (Å²) in [7, 11) is 0. The van der Waals surface area contributed by atoms with Gasteiger partial charge in [-0.15, -0.1) is 0 Å². The van der Waals surface area contributed by atoms with Crippen molar-refractivity contribution in [2.24, 2.45) is 0 Å². The van der Waals surface area contributed by atoms with Crippen molar-refractivity contribution < 1.29 is 4.79 Å². The maximum absolute atomic E-state index is 11.7. The normalized spacial score (nSPS) is 26.8. The lowest BCUT2D eigenvalue weighted by molar-refractivity contribution is -0.120. The number of ketones is 1. The zero-order valence-electron chi connectivity index (χ0n) is 11.5. The minimum atomic E-state index is 0.455. The van der Waals surface area contributed by atoms with Gasteiger partial charge >= 0.3 is 0 Å². The Kier molecular flexibility index (Phi) is 2.69. The molecule has 2 aliphatic rings. The highest BCUT2D eigenvalue weighted by Gasteiger charge is 2.40. The zero-order valence-corrected chi connectivity index (χ0v) is 11.5. The third-order valence-electron chi connectivity index (χ3n) is 4.44. The molecule has 0 N–H and O–H groups in total. The second kappa shape index (κ2) is 4.11. The molecule has 2 fully saturated rings. The molecule has 2 aliphatic heterocycles. The van der Waals surface area contributed by atoms with Gasteiger partial charge in [-0.3, -0.25) is 4.79 Å². The van der Waals surface area contributed by atoms with Gasteiger partial charge in [0, 0.05) is 30.6 Å². The molecule has 0 amide bonds. The first kappa shape index (κ1) is 11.8. The number of aryl methyl sites for hydroxylation is 3. The van der Waals surface area contributed by atoms with E-state index in [-0.39, 0.29) is 0 Å². The summed E-state index contributed by atoms with van der Waals surface area (Å²) in [5.74, 6) is 0.459. The molecule has 2 unspecified atom stereocenters. The van der Waals surface area contributed by atoms with Crippen LogP contribution in [0.4, 0.5) is 5.69 Å². The van der Waals surface area contributed by atoms with Crippen LogP contribution in [0.1, 0.15) is 42.4 Å². The van der Waals surface area contributed by atoms with Gasteiger partial charge < -0.3 is 4.90 Å². The molecule has 0 aromatic heterocycles. The van der Waals surface area contributed by atoms with Gasteiger partial charge in [0.15, 0.2) is 0 Å². The third kappa shape index (κ3) is 1.75. The van der Waals surface area contributed by atoms with Gasteiger partial charge in [0.05, 0.1) is 0 Å². The van der Waals surface area contributed by atoms with Crippen molar-refractivity contribution in [1.29, 1.82) is 0 Å². The maximum atomic E-state index is 11.7. The lowest BCUT2D eigenvalue weighted by atomic mass is 9.96. The number of carbonyl (C=O) groups is 1. The van der Waals surface area contributed by atoms with Crippen molar-refractivity contribution in [2.45, 2.75) is 58.5 Å². The van der Waals surface area contributed by atoms with E-state index in [0.29, 0.717) is 17.9 Å². The Hall–Kier alpha value is -1.31. The summed E-state index contributed by atoms with van der Waals surface area (Å²) in [6, 6.07) is 5.43. The molecule has 2 heteroatoms. The molecule has 2 nitrogen and oxygen atoms in total. The summed E-state index contributed by atoms with van der Waals surface area (Å²) < 4.78 is 0. The second-order valence-corrected chi connectivity index (χ2v) is 5.99. The minimum absolute atomic E-state index is 0.455. The Morgan fingerprint density at radius 2 is 1.50 bits per heavy atom. The largest absolute Gasteiger partial charge is 0.364 e. The van der Waals surface area contributed by atoms with Gasteiger partial charge in [0.2, 0.25) is 0 Å². The van der Waals surface area contributed by atoms with Crippen LogP contribution in [0.15, 0.2) is 12.1 Å². The topological polar surface area (TPSA) is 20.3 Å². The van der Waals surface area contributed by atoms with Crippen LogP contribution in [0, 0.1) is 20.8 Å². The number of piperidine rings is 1. The van der Waals surface area contributed by atoms with Crippen LogP contribution in [-0.4, -0.2) is 17.9 Å². The second-order valence-electron chi connectivity index (χ2n) is 5.99. The van der Waals surface area contributed by atoms with Crippen LogP contribution in [0.25, 0.3) is 0 Å². The summed E-state index contributed by atoms with van der Waals surface area (Å²) in [5, 5.41) is 0. The highest BCUT2D eigenvalue weighted by atomic mass is 16.1. The van der Waals surface area contributed by atoms with Crippen molar-refractivity contribution in [3.05, 3.63) is 28.8 Å². The van der Waals surface area contributed by atoms with E-state index in [9.17, 15) is 4.79 Å². The monoisotopic (exact) mass is 243 g/mol. The highest BCUT2D eigenvalue weighted by molar-refractivity contribution is 5.83. The van der Waals surface area contributed by atoms with Gasteiger partial charge in [0.25, 0.3) is 0 Å². The van der Waals surface area contributed by atoms with Gasteiger partial charge in [-0.2, -0.15) is 0 Å². The number of nitrogens with zero attached hydrogens (tertiary/aromatic N) is 1. The molecule has 3 rings (SSSR count). The van der Waals surface area contributed by atoms with Gasteiger partial charge in [-0.25, -0.2) is 0 Å². The summed E-state index contributed by atoms with van der Waals surface area (Å²) in [6.07, 6.45) is 3.87. The molecule has 1 aromatic carbocycles. The van der Waals surface area contributed by atoms with E-state index < -0.39 is 0 Å². The molecule has 96 valence electrons.